The van der Waals surface area contributed by atoms with Crippen LogP contribution in [0.15, 0.2) is 36.5 Å². The summed E-state index contributed by atoms with van der Waals surface area (Å²) in [6, 6.07) is 7.82. The van der Waals surface area contributed by atoms with Gasteiger partial charge in [-0.1, -0.05) is 0 Å². The van der Waals surface area contributed by atoms with Crippen LogP contribution >= 0.6 is 0 Å². The molecule has 0 aliphatic carbocycles. The van der Waals surface area contributed by atoms with Crippen LogP contribution in [-0.2, 0) is 11.3 Å². The number of rotatable bonds is 3. The molecule has 0 atom stereocenters. The van der Waals surface area contributed by atoms with Gasteiger partial charge in [0, 0.05) is 18.3 Å². The summed E-state index contributed by atoms with van der Waals surface area (Å²) >= 11 is 0. The molecule has 3 heterocycles. The first-order chi connectivity index (χ1) is 13.1. The van der Waals surface area contributed by atoms with Gasteiger partial charge in [-0.05, 0) is 30.3 Å². The summed E-state index contributed by atoms with van der Waals surface area (Å²) in [4.78, 5) is 32.4. The number of aromatic hydroxyl groups is 1. The number of phenolic OH excluding ortho intramolecular Hbond substituents is 1. The van der Waals surface area contributed by atoms with E-state index in [4.69, 9.17) is 0 Å². The van der Waals surface area contributed by atoms with Gasteiger partial charge in [0.15, 0.2) is 5.82 Å². The van der Waals surface area contributed by atoms with Gasteiger partial charge in [-0.25, -0.2) is 14.8 Å². The molecule has 1 aliphatic heterocycles. The largest absolute Gasteiger partial charge is 0.507 e. The monoisotopic (exact) mass is 365 g/mol. The molecule has 9 heteroatoms. The quantitative estimate of drug-likeness (QED) is 0.670. The molecule has 0 unspecified atom stereocenters. The normalized spacial score (nSPS) is 13.0. The van der Waals surface area contributed by atoms with E-state index in [1.807, 2.05) is 0 Å². The molecule has 1 amide bonds. The van der Waals surface area contributed by atoms with Crippen LogP contribution in [-0.4, -0.2) is 50.4 Å². The first-order valence-electron chi connectivity index (χ1n) is 8.18. The molecule has 0 saturated heterocycles. The van der Waals surface area contributed by atoms with Crippen molar-refractivity contribution in [2.24, 2.45) is 0 Å². The third-order valence-corrected chi connectivity index (χ3v) is 4.20. The zero-order valence-corrected chi connectivity index (χ0v) is 14.3. The minimum absolute atomic E-state index is 0.0260. The molecule has 2 aromatic heterocycles. The molecule has 0 spiro atoms. The summed E-state index contributed by atoms with van der Waals surface area (Å²) in [6.45, 7) is 1.13. The highest BCUT2D eigenvalue weighted by Gasteiger charge is 2.21. The number of phenols is 1. The first kappa shape index (κ1) is 16.7. The lowest BCUT2D eigenvalue weighted by atomic mass is 10.1. The van der Waals surface area contributed by atoms with E-state index in [1.54, 1.807) is 29.1 Å². The van der Waals surface area contributed by atoms with Crippen LogP contribution in [0.3, 0.4) is 0 Å². The van der Waals surface area contributed by atoms with Gasteiger partial charge in [0.05, 0.1) is 19.3 Å². The van der Waals surface area contributed by atoms with Crippen molar-refractivity contribution >= 4 is 11.9 Å². The lowest BCUT2D eigenvalue weighted by Crippen LogP contribution is -2.35. The average molecular weight is 365 g/mol. The molecular weight excluding hydrogens is 350 g/mol. The Labute approximate surface area is 153 Å². The summed E-state index contributed by atoms with van der Waals surface area (Å²) in [5.41, 5.74) is 2.14. The van der Waals surface area contributed by atoms with Gasteiger partial charge in [-0.15, -0.1) is 0 Å². The third-order valence-electron chi connectivity index (χ3n) is 4.20. The highest BCUT2D eigenvalue weighted by Crippen LogP contribution is 2.26. The van der Waals surface area contributed by atoms with Gasteiger partial charge in [0.25, 0.3) is 5.91 Å². The van der Waals surface area contributed by atoms with Crippen LogP contribution in [0.25, 0.3) is 22.8 Å². The zero-order chi connectivity index (χ0) is 19.0. The minimum Gasteiger partial charge on any atom is -0.507 e. The molecular formula is C18H15N5O4. The fourth-order valence-corrected chi connectivity index (χ4v) is 2.85. The summed E-state index contributed by atoms with van der Waals surface area (Å²) in [5, 5.41) is 17.0. The number of nitrogens with zero attached hydrogens (tertiary/aromatic N) is 4. The molecule has 2 N–H and O–H groups in total. The second-order valence-corrected chi connectivity index (χ2v) is 5.88. The van der Waals surface area contributed by atoms with E-state index in [0.717, 1.165) is 0 Å². The van der Waals surface area contributed by atoms with Crippen LogP contribution in [0.1, 0.15) is 20.8 Å². The van der Waals surface area contributed by atoms with E-state index in [9.17, 15) is 14.7 Å². The van der Waals surface area contributed by atoms with Crippen molar-refractivity contribution in [2.45, 2.75) is 6.54 Å². The number of esters is 1. The van der Waals surface area contributed by atoms with E-state index in [0.29, 0.717) is 41.6 Å². The van der Waals surface area contributed by atoms with E-state index in [-0.39, 0.29) is 17.2 Å². The van der Waals surface area contributed by atoms with Gasteiger partial charge in [0.2, 0.25) is 0 Å². The number of ether oxygens (including phenoxy) is 1. The first-order valence-corrected chi connectivity index (χ1v) is 8.18. The number of carbonyl (C=O) groups excluding carboxylic acids is 2. The van der Waals surface area contributed by atoms with E-state index in [1.165, 1.54) is 19.2 Å². The molecule has 0 saturated carbocycles. The van der Waals surface area contributed by atoms with Crippen LogP contribution in [0, 0.1) is 0 Å². The Morgan fingerprint density at radius 1 is 1.26 bits per heavy atom. The van der Waals surface area contributed by atoms with Crippen LogP contribution in [0.5, 0.6) is 5.75 Å². The van der Waals surface area contributed by atoms with E-state index < -0.39 is 5.97 Å². The maximum atomic E-state index is 11.9. The summed E-state index contributed by atoms with van der Waals surface area (Å²) < 4.78 is 6.31. The van der Waals surface area contributed by atoms with Crippen molar-refractivity contribution in [3.63, 3.8) is 0 Å². The number of amides is 1. The van der Waals surface area contributed by atoms with Crippen LogP contribution in [0.4, 0.5) is 0 Å². The van der Waals surface area contributed by atoms with Gasteiger partial charge < -0.3 is 15.2 Å². The summed E-state index contributed by atoms with van der Waals surface area (Å²) in [6.07, 6.45) is 1.57. The maximum Gasteiger partial charge on any atom is 0.341 e. The molecule has 136 valence electrons. The highest BCUT2D eigenvalue weighted by molar-refractivity contribution is 5.94. The SMILES string of the molecule is COC(=O)c1cc(-c2nccc(-c3cc4n(n3)CCNC4=O)n2)ccc1O. The van der Waals surface area contributed by atoms with Crippen molar-refractivity contribution < 1.29 is 19.4 Å². The molecule has 0 fully saturated rings. The Hall–Kier alpha value is -3.75. The number of nitrogens with one attached hydrogen (secondary N) is 1. The minimum atomic E-state index is -0.654. The molecule has 4 rings (SSSR count). The summed E-state index contributed by atoms with van der Waals surface area (Å²) in [7, 11) is 1.24. The highest BCUT2D eigenvalue weighted by atomic mass is 16.5. The fourth-order valence-electron chi connectivity index (χ4n) is 2.85. The van der Waals surface area contributed by atoms with Crippen molar-refractivity contribution in [2.75, 3.05) is 13.7 Å². The number of carbonyl (C=O) groups is 2. The van der Waals surface area contributed by atoms with E-state index in [2.05, 4.69) is 25.1 Å². The molecule has 0 bridgehead atoms. The lowest BCUT2D eigenvalue weighted by molar-refractivity contribution is 0.0597. The third kappa shape index (κ3) is 2.99. The van der Waals surface area contributed by atoms with Crippen molar-refractivity contribution in [1.82, 2.24) is 25.1 Å². The Bertz CT molecular complexity index is 1060. The second-order valence-electron chi connectivity index (χ2n) is 5.88. The fraction of sp³-hybridized carbons (Fsp3) is 0.167. The standard InChI is InChI=1S/C18H15N5O4/c1-27-18(26)11-8-10(2-3-15(11)24)16-19-5-4-12(21-16)13-9-14-17(25)20-6-7-23(14)22-13/h2-5,8-9,24H,6-7H2,1H3,(H,20,25). The van der Waals surface area contributed by atoms with Crippen LogP contribution in [0.2, 0.25) is 0 Å². The smallest absolute Gasteiger partial charge is 0.341 e. The average Bonchev–Trinajstić information content (AvgIpc) is 3.14. The number of hydrogen-bond donors (Lipinski definition) is 2. The predicted molar refractivity (Wildman–Crippen MR) is 94.0 cm³/mol. The Balaban J connectivity index is 1.74. The Kier molecular flexibility index (Phi) is 4.03. The molecule has 0 radical (unpaired) electrons. The van der Waals surface area contributed by atoms with Gasteiger partial charge in [0.1, 0.15) is 22.7 Å². The number of methoxy groups -OCH3 is 1. The Morgan fingerprint density at radius 2 is 2.11 bits per heavy atom. The zero-order valence-electron chi connectivity index (χ0n) is 14.3. The number of benzene rings is 1. The van der Waals surface area contributed by atoms with Gasteiger partial charge in [-0.3, -0.25) is 9.48 Å². The van der Waals surface area contributed by atoms with Crippen LogP contribution < -0.4 is 5.32 Å². The summed E-state index contributed by atoms with van der Waals surface area (Å²) in [5.74, 6) is -0.656. The molecule has 1 aromatic carbocycles. The molecule has 1 aliphatic rings. The Morgan fingerprint density at radius 3 is 2.89 bits per heavy atom. The molecule has 3 aromatic rings. The van der Waals surface area contributed by atoms with Crippen molar-refractivity contribution in [3.05, 3.63) is 47.8 Å². The van der Waals surface area contributed by atoms with E-state index >= 15 is 0 Å². The topological polar surface area (TPSA) is 119 Å². The van der Waals surface area contributed by atoms with Crippen molar-refractivity contribution in [1.29, 1.82) is 0 Å². The van der Waals surface area contributed by atoms with Crippen molar-refractivity contribution in [3.8, 4) is 28.5 Å². The number of hydrogen-bond acceptors (Lipinski definition) is 7. The van der Waals surface area contributed by atoms with Gasteiger partial charge in [-0.2, -0.15) is 5.10 Å². The molecule has 9 nitrogen and oxygen atoms in total. The predicted octanol–water partition coefficient (Wildman–Crippen LogP) is 1.24. The number of aromatic nitrogens is 4. The molecule has 27 heavy (non-hydrogen) atoms. The maximum absolute atomic E-state index is 11.9. The second kappa shape index (κ2) is 6.52. The number of fused-ring (bicyclic) bond motifs is 1. The lowest BCUT2D eigenvalue weighted by Gasteiger charge is -2.13. The van der Waals surface area contributed by atoms with Gasteiger partial charge >= 0.3 is 5.97 Å².